The van der Waals surface area contributed by atoms with Crippen LogP contribution in [-0.2, 0) is 0 Å². The number of carbonyl (C=O) groups excluding carboxylic acids is 1. The summed E-state index contributed by atoms with van der Waals surface area (Å²) in [6.45, 7) is 2.32. The summed E-state index contributed by atoms with van der Waals surface area (Å²) in [5.41, 5.74) is 0.513. The Kier molecular flexibility index (Phi) is 4.71. The van der Waals surface area contributed by atoms with E-state index in [2.05, 4.69) is 10.3 Å². The summed E-state index contributed by atoms with van der Waals surface area (Å²) in [6, 6.07) is 9.03. The van der Waals surface area contributed by atoms with Crippen LogP contribution in [0.5, 0.6) is 11.5 Å². The van der Waals surface area contributed by atoms with E-state index in [9.17, 15) is 9.18 Å². The van der Waals surface area contributed by atoms with Crippen LogP contribution in [0.1, 0.15) is 17.4 Å². The van der Waals surface area contributed by atoms with Gasteiger partial charge in [0, 0.05) is 11.8 Å². The van der Waals surface area contributed by atoms with Crippen molar-refractivity contribution in [3.63, 3.8) is 0 Å². The van der Waals surface area contributed by atoms with Gasteiger partial charge in [-0.05, 0) is 31.2 Å². The second-order valence-electron chi connectivity index (χ2n) is 4.10. The third-order valence-electron chi connectivity index (χ3n) is 2.67. The van der Waals surface area contributed by atoms with Crippen molar-refractivity contribution in [2.24, 2.45) is 0 Å². The average Bonchev–Trinajstić information content (AvgIpc) is 2.48. The summed E-state index contributed by atoms with van der Waals surface area (Å²) in [7, 11) is 1.53. The van der Waals surface area contributed by atoms with Crippen LogP contribution in [0.25, 0.3) is 0 Å². The normalized spacial score (nSPS) is 10.0. The number of hydrogen-bond acceptors (Lipinski definition) is 4. The van der Waals surface area contributed by atoms with E-state index in [0.29, 0.717) is 23.8 Å². The van der Waals surface area contributed by atoms with E-state index in [1.807, 2.05) is 6.92 Å². The van der Waals surface area contributed by atoms with E-state index in [-0.39, 0.29) is 5.69 Å². The van der Waals surface area contributed by atoms with Gasteiger partial charge in [0.25, 0.3) is 5.91 Å². The first-order valence-electron chi connectivity index (χ1n) is 6.38. The molecule has 0 fully saturated rings. The molecule has 1 aromatic carbocycles. The van der Waals surface area contributed by atoms with Crippen LogP contribution in [0.2, 0.25) is 0 Å². The second-order valence-corrected chi connectivity index (χ2v) is 4.10. The molecule has 0 aliphatic carbocycles. The van der Waals surface area contributed by atoms with Gasteiger partial charge >= 0.3 is 0 Å². The maximum Gasteiger partial charge on any atom is 0.274 e. The van der Waals surface area contributed by atoms with Crippen molar-refractivity contribution in [3.8, 4) is 11.5 Å². The fourth-order valence-electron chi connectivity index (χ4n) is 1.75. The van der Waals surface area contributed by atoms with Gasteiger partial charge in [0.15, 0.2) is 11.5 Å². The van der Waals surface area contributed by atoms with Crippen LogP contribution in [0.3, 0.4) is 0 Å². The number of aromatic nitrogens is 1. The molecule has 1 heterocycles. The van der Waals surface area contributed by atoms with Gasteiger partial charge in [-0.15, -0.1) is 0 Å². The number of methoxy groups -OCH3 is 1. The number of nitrogens with zero attached hydrogens (tertiary/aromatic N) is 1. The first kappa shape index (κ1) is 14.8. The molecule has 0 atom stereocenters. The highest BCUT2D eigenvalue weighted by Gasteiger charge is 2.11. The number of benzene rings is 1. The molecule has 0 saturated heterocycles. The van der Waals surface area contributed by atoms with Crippen molar-refractivity contribution in [2.45, 2.75) is 6.92 Å². The van der Waals surface area contributed by atoms with Gasteiger partial charge < -0.3 is 14.8 Å². The predicted molar refractivity (Wildman–Crippen MR) is 76.3 cm³/mol. The number of amides is 1. The highest BCUT2D eigenvalue weighted by molar-refractivity contribution is 6.02. The largest absolute Gasteiger partial charge is 0.493 e. The zero-order valence-electron chi connectivity index (χ0n) is 11.7. The molecule has 0 aliphatic heterocycles. The molecule has 6 heteroatoms. The number of pyridine rings is 1. The first-order valence-corrected chi connectivity index (χ1v) is 6.38. The van der Waals surface area contributed by atoms with Gasteiger partial charge in [-0.3, -0.25) is 4.79 Å². The lowest BCUT2D eigenvalue weighted by Gasteiger charge is -2.11. The van der Waals surface area contributed by atoms with Crippen LogP contribution < -0.4 is 14.8 Å². The molecule has 1 N–H and O–H groups in total. The molecule has 1 aromatic heterocycles. The van der Waals surface area contributed by atoms with E-state index in [1.165, 1.54) is 25.3 Å². The highest BCUT2D eigenvalue weighted by Crippen LogP contribution is 2.30. The van der Waals surface area contributed by atoms with Gasteiger partial charge in [0.1, 0.15) is 5.69 Å². The number of anilines is 1. The van der Waals surface area contributed by atoms with Gasteiger partial charge in [-0.2, -0.15) is 4.39 Å². The Morgan fingerprint density at radius 1 is 1.29 bits per heavy atom. The maximum absolute atomic E-state index is 13.0. The third kappa shape index (κ3) is 3.68. The van der Waals surface area contributed by atoms with Crippen LogP contribution in [-0.4, -0.2) is 24.6 Å². The molecule has 0 radical (unpaired) electrons. The molecule has 0 saturated carbocycles. The molecule has 2 rings (SSSR count). The first-order chi connectivity index (χ1) is 10.1. The van der Waals surface area contributed by atoms with Crippen molar-refractivity contribution in [1.82, 2.24) is 4.98 Å². The lowest BCUT2D eigenvalue weighted by molar-refractivity contribution is 0.102. The summed E-state index contributed by atoms with van der Waals surface area (Å²) in [5, 5.41) is 2.63. The molecule has 110 valence electrons. The fraction of sp³-hybridized carbons (Fsp3) is 0.200. The number of hydrogen-bond donors (Lipinski definition) is 1. The zero-order valence-corrected chi connectivity index (χ0v) is 11.7. The highest BCUT2D eigenvalue weighted by atomic mass is 19.1. The Hall–Kier alpha value is -2.63. The SMILES string of the molecule is CCOc1cc(NC(=O)c2cccc(F)n2)ccc1OC. The number of nitrogens with one attached hydrogen (secondary N) is 1. The summed E-state index contributed by atoms with van der Waals surface area (Å²) >= 11 is 0. The fourth-order valence-corrected chi connectivity index (χ4v) is 1.75. The van der Waals surface area contributed by atoms with Crippen molar-refractivity contribution in [2.75, 3.05) is 19.0 Å². The van der Waals surface area contributed by atoms with Gasteiger partial charge in [0.05, 0.1) is 13.7 Å². The lowest BCUT2D eigenvalue weighted by Crippen LogP contribution is -2.14. The van der Waals surface area contributed by atoms with Gasteiger partial charge in [-0.25, -0.2) is 4.98 Å². The van der Waals surface area contributed by atoms with Crippen LogP contribution in [0, 0.1) is 5.95 Å². The molecular formula is C15H15FN2O3. The summed E-state index contributed by atoms with van der Waals surface area (Å²) < 4.78 is 23.6. The number of rotatable bonds is 5. The molecule has 0 unspecified atom stereocenters. The lowest BCUT2D eigenvalue weighted by atomic mass is 10.2. The minimum absolute atomic E-state index is 0.00350. The number of ether oxygens (including phenoxy) is 2. The summed E-state index contributed by atoms with van der Waals surface area (Å²) in [4.78, 5) is 15.5. The smallest absolute Gasteiger partial charge is 0.274 e. The number of halogens is 1. The molecule has 1 amide bonds. The standard InChI is InChI=1S/C15H15FN2O3/c1-3-21-13-9-10(7-8-12(13)20-2)17-15(19)11-5-4-6-14(16)18-11/h4-9H,3H2,1-2H3,(H,17,19). The Morgan fingerprint density at radius 3 is 2.76 bits per heavy atom. The minimum Gasteiger partial charge on any atom is -0.493 e. The molecule has 0 aliphatic rings. The number of carbonyl (C=O) groups is 1. The molecule has 0 spiro atoms. The Balaban J connectivity index is 2.19. The Bertz CT molecular complexity index is 647. The van der Waals surface area contributed by atoms with Crippen LogP contribution in [0.4, 0.5) is 10.1 Å². The van der Waals surface area contributed by atoms with Crippen molar-refractivity contribution >= 4 is 11.6 Å². The van der Waals surface area contributed by atoms with E-state index in [4.69, 9.17) is 9.47 Å². The van der Waals surface area contributed by atoms with E-state index >= 15 is 0 Å². The molecule has 21 heavy (non-hydrogen) atoms. The maximum atomic E-state index is 13.0. The van der Waals surface area contributed by atoms with E-state index < -0.39 is 11.9 Å². The van der Waals surface area contributed by atoms with E-state index in [1.54, 1.807) is 18.2 Å². The molecular weight excluding hydrogens is 275 g/mol. The summed E-state index contributed by atoms with van der Waals surface area (Å²) in [6.07, 6.45) is 0. The van der Waals surface area contributed by atoms with Crippen LogP contribution >= 0.6 is 0 Å². The van der Waals surface area contributed by atoms with Crippen LogP contribution in [0.15, 0.2) is 36.4 Å². The Morgan fingerprint density at radius 2 is 2.10 bits per heavy atom. The quantitative estimate of drug-likeness (QED) is 0.860. The third-order valence-corrected chi connectivity index (χ3v) is 2.67. The summed E-state index contributed by atoms with van der Waals surface area (Å²) in [5.74, 6) is -0.113. The van der Waals surface area contributed by atoms with Gasteiger partial charge in [0.2, 0.25) is 5.95 Å². The minimum atomic E-state index is -0.701. The topological polar surface area (TPSA) is 60.5 Å². The Labute approximate surface area is 121 Å². The van der Waals surface area contributed by atoms with Crippen molar-refractivity contribution < 1.29 is 18.7 Å². The van der Waals surface area contributed by atoms with Crippen molar-refractivity contribution in [3.05, 3.63) is 48.0 Å². The monoisotopic (exact) mass is 290 g/mol. The molecule has 5 nitrogen and oxygen atoms in total. The average molecular weight is 290 g/mol. The molecule has 0 bridgehead atoms. The van der Waals surface area contributed by atoms with E-state index in [0.717, 1.165) is 0 Å². The van der Waals surface area contributed by atoms with Gasteiger partial charge in [-0.1, -0.05) is 6.07 Å². The second kappa shape index (κ2) is 6.69. The zero-order chi connectivity index (χ0) is 15.2. The van der Waals surface area contributed by atoms with Crippen molar-refractivity contribution in [1.29, 1.82) is 0 Å². The predicted octanol–water partition coefficient (Wildman–Crippen LogP) is 2.88. The molecule has 2 aromatic rings.